The molecule has 3 heterocycles. The van der Waals surface area contributed by atoms with Crippen molar-refractivity contribution in [2.75, 3.05) is 20.3 Å². The van der Waals surface area contributed by atoms with Gasteiger partial charge in [0.25, 0.3) is 11.5 Å². The zero-order valence-corrected chi connectivity index (χ0v) is 16.9. The van der Waals surface area contributed by atoms with E-state index in [1.807, 2.05) is 0 Å². The normalized spacial score (nSPS) is 14.7. The van der Waals surface area contributed by atoms with E-state index in [1.54, 1.807) is 44.3 Å². The van der Waals surface area contributed by atoms with Crippen molar-refractivity contribution in [1.29, 1.82) is 0 Å². The Labute approximate surface area is 172 Å². The van der Waals surface area contributed by atoms with Gasteiger partial charge in [-0.3, -0.25) is 9.59 Å². The second-order valence-corrected chi connectivity index (χ2v) is 7.57. The highest BCUT2D eigenvalue weighted by molar-refractivity contribution is 5.94. The molecule has 0 saturated carbocycles. The molecule has 156 valence electrons. The molecular weight excluding hydrogens is 386 g/mol. The fourth-order valence-corrected chi connectivity index (χ4v) is 3.77. The minimum absolute atomic E-state index is 0.00329. The van der Waals surface area contributed by atoms with Crippen LogP contribution >= 0.6 is 0 Å². The monoisotopic (exact) mass is 409 g/mol. The molecule has 4 rings (SSSR count). The number of amides is 1. The maximum Gasteiger partial charge on any atom is 0.349 e. The van der Waals surface area contributed by atoms with E-state index in [4.69, 9.17) is 9.15 Å². The van der Waals surface area contributed by atoms with E-state index in [2.05, 4.69) is 9.97 Å². The lowest BCUT2D eigenvalue weighted by Gasteiger charge is -2.22. The van der Waals surface area contributed by atoms with Crippen LogP contribution in [0.15, 0.2) is 44.3 Å². The van der Waals surface area contributed by atoms with Gasteiger partial charge in [0.2, 0.25) is 0 Å². The van der Waals surface area contributed by atoms with Crippen LogP contribution in [0.1, 0.15) is 46.3 Å². The van der Waals surface area contributed by atoms with Crippen molar-refractivity contribution in [3.05, 3.63) is 73.8 Å². The Morgan fingerprint density at radius 3 is 2.70 bits per heavy atom. The quantitative estimate of drug-likeness (QED) is 0.709. The Bertz CT molecular complexity index is 1210. The molecule has 8 heteroatoms. The summed E-state index contributed by atoms with van der Waals surface area (Å²) < 4.78 is 10.9. The average molecular weight is 409 g/mol. The van der Waals surface area contributed by atoms with Crippen LogP contribution < -0.4 is 11.2 Å². The molecule has 1 amide bonds. The molecule has 1 aliphatic heterocycles. The van der Waals surface area contributed by atoms with Crippen molar-refractivity contribution in [3.8, 4) is 0 Å². The van der Waals surface area contributed by atoms with E-state index >= 15 is 0 Å². The number of carbonyl (C=O) groups is 1. The molecule has 1 aromatic carbocycles. The van der Waals surface area contributed by atoms with Gasteiger partial charge in [-0.05, 0) is 43.5 Å². The number of rotatable bonds is 4. The van der Waals surface area contributed by atoms with Gasteiger partial charge in [0.15, 0.2) is 0 Å². The summed E-state index contributed by atoms with van der Waals surface area (Å²) in [5, 5.41) is 0.482. The second-order valence-electron chi connectivity index (χ2n) is 7.57. The smallest absolute Gasteiger partial charge is 0.349 e. The van der Waals surface area contributed by atoms with Crippen LogP contribution in [0.2, 0.25) is 0 Å². The second kappa shape index (κ2) is 8.23. The van der Waals surface area contributed by atoms with Crippen molar-refractivity contribution in [3.63, 3.8) is 0 Å². The van der Waals surface area contributed by atoms with E-state index < -0.39 is 11.5 Å². The number of nitrogens with one attached hydrogen (secondary N) is 1. The Morgan fingerprint density at radius 2 is 1.97 bits per heavy atom. The van der Waals surface area contributed by atoms with Gasteiger partial charge >= 0.3 is 5.63 Å². The van der Waals surface area contributed by atoms with Gasteiger partial charge in [0.05, 0.1) is 17.4 Å². The van der Waals surface area contributed by atoms with Crippen LogP contribution in [0, 0.1) is 6.92 Å². The maximum absolute atomic E-state index is 13.0. The minimum Gasteiger partial charge on any atom is -0.427 e. The Hall–Kier alpha value is -3.26. The van der Waals surface area contributed by atoms with Gasteiger partial charge in [-0.2, -0.15) is 0 Å². The molecule has 1 N–H and O–H groups in total. The molecule has 8 nitrogen and oxygen atoms in total. The van der Waals surface area contributed by atoms with Crippen molar-refractivity contribution < 1.29 is 13.9 Å². The van der Waals surface area contributed by atoms with Crippen LogP contribution in [-0.2, 0) is 11.3 Å². The largest absolute Gasteiger partial charge is 0.427 e. The van der Waals surface area contributed by atoms with Crippen LogP contribution in [0.25, 0.3) is 10.9 Å². The van der Waals surface area contributed by atoms with E-state index in [1.165, 1.54) is 4.90 Å². The van der Waals surface area contributed by atoms with E-state index in [0.29, 0.717) is 41.3 Å². The SMILES string of the molecule is Cc1cc(C2CCOCC2)oc(=O)c1C(=O)N(C)Cc1nc2ccccc2c(=O)[nH]1. The number of H-pyrrole nitrogens is 1. The van der Waals surface area contributed by atoms with Crippen LogP contribution in [0.3, 0.4) is 0 Å². The Kier molecular flexibility index (Phi) is 5.50. The summed E-state index contributed by atoms with van der Waals surface area (Å²) in [7, 11) is 1.56. The molecule has 1 saturated heterocycles. The number of aromatic nitrogens is 2. The zero-order valence-electron chi connectivity index (χ0n) is 16.9. The minimum atomic E-state index is -0.645. The highest BCUT2D eigenvalue weighted by Crippen LogP contribution is 2.27. The molecule has 0 bridgehead atoms. The number of aromatic amines is 1. The third kappa shape index (κ3) is 3.91. The van der Waals surface area contributed by atoms with E-state index in [-0.39, 0.29) is 23.6 Å². The van der Waals surface area contributed by atoms with Gasteiger partial charge in [0, 0.05) is 26.2 Å². The zero-order chi connectivity index (χ0) is 21.3. The van der Waals surface area contributed by atoms with Gasteiger partial charge in [-0.15, -0.1) is 0 Å². The molecule has 1 fully saturated rings. The van der Waals surface area contributed by atoms with Gasteiger partial charge in [0.1, 0.15) is 17.1 Å². The number of carbonyl (C=O) groups excluding carboxylic acids is 1. The van der Waals surface area contributed by atoms with E-state index in [9.17, 15) is 14.4 Å². The summed E-state index contributed by atoms with van der Waals surface area (Å²) in [6.45, 7) is 3.05. The summed E-state index contributed by atoms with van der Waals surface area (Å²) in [5.74, 6) is 0.588. The summed E-state index contributed by atoms with van der Waals surface area (Å²) >= 11 is 0. The van der Waals surface area contributed by atoms with Crippen LogP contribution in [-0.4, -0.2) is 41.0 Å². The summed E-state index contributed by atoms with van der Waals surface area (Å²) in [5.41, 5.74) is 0.205. The van der Waals surface area contributed by atoms with Crippen molar-refractivity contribution in [2.45, 2.75) is 32.2 Å². The van der Waals surface area contributed by atoms with Crippen LogP contribution in [0.5, 0.6) is 0 Å². The lowest BCUT2D eigenvalue weighted by Crippen LogP contribution is -2.33. The number of para-hydroxylation sites is 1. The first-order chi connectivity index (χ1) is 14.4. The molecule has 0 aliphatic carbocycles. The molecule has 2 aromatic heterocycles. The number of nitrogens with zero attached hydrogens (tertiary/aromatic N) is 2. The van der Waals surface area contributed by atoms with Crippen molar-refractivity contribution in [1.82, 2.24) is 14.9 Å². The van der Waals surface area contributed by atoms with Crippen molar-refractivity contribution in [2.24, 2.45) is 0 Å². The molecule has 3 aromatic rings. The summed E-state index contributed by atoms with van der Waals surface area (Å²) in [6.07, 6.45) is 1.58. The Balaban J connectivity index is 1.58. The Morgan fingerprint density at radius 1 is 1.23 bits per heavy atom. The predicted molar refractivity (Wildman–Crippen MR) is 111 cm³/mol. The van der Waals surface area contributed by atoms with E-state index in [0.717, 1.165) is 12.8 Å². The highest BCUT2D eigenvalue weighted by Gasteiger charge is 2.25. The first kappa shape index (κ1) is 20.0. The number of hydrogen-bond acceptors (Lipinski definition) is 6. The number of aryl methyl sites for hydroxylation is 1. The lowest BCUT2D eigenvalue weighted by molar-refractivity contribution is 0.0761. The molecule has 0 unspecified atom stereocenters. The molecule has 0 spiro atoms. The third-order valence-corrected chi connectivity index (χ3v) is 5.40. The summed E-state index contributed by atoms with van der Waals surface area (Å²) in [4.78, 5) is 46.3. The number of hydrogen-bond donors (Lipinski definition) is 1. The molecule has 0 radical (unpaired) electrons. The van der Waals surface area contributed by atoms with Gasteiger partial charge in [-0.25, -0.2) is 9.78 Å². The molecular formula is C22H23N3O5. The first-order valence-electron chi connectivity index (χ1n) is 9.90. The lowest BCUT2D eigenvalue weighted by atomic mass is 9.95. The standard InChI is InChI=1S/C22H23N3O5/c1-13-11-17(14-7-9-29-10-8-14)30-22(28)19(13)21(27)25(2)12-18-23-16-6-4-3-5-15(16)20(26)24-18/h3-6,11,14H,7-10,12H2,1-2H3,(H,23,24,26). The topological polar surface area (TPSA) is 106 Å². The average Bonchev–Trinajstić information content (AvgIpc) is 2.73. The predicted octanol–water partition coefficient (Wildman–Crippen LogP) is 2.35. The molecule has 30 heavy (non-hydrogen) atoms. The van der Waals surface area contributed by atoms with Crippen LogP contribution in [0.4, 0.5) is 0 Å². The first-order valence-corrected chi connectivity index (χ1v) is 9.90. The van der Waals surface area contributed by atoms with Gasteiger partial charge in [-0.1, -0.05) is 12.1 Å². The number of ether oxygens (including phenoxy) is 1. The molecule has 1 aliphatic rings. The highest BCUT2D eigenvalue weighted by atomic mass is 16.5. The maximum atomic E-state index is 13.0. The number of fused-ring (bicyclic) bond motifs is 1. The molecule has 0 atom stereocenters. The fourth-order valence-electron chi connectivity index (χ4n) is 3.77. The van der Waals surface area contributed by atoms with Crippen molar-refractivity contribution >= 4 is 16.8 Å². The fraction of sp³-hybridized carbons (Fsp3) is 0.364. The number of benzene rings is 1. The summed E-state index contributed by atoms with van der Waals surface area (Å²) in [6, 6.07) is 8.76. The van der Waals surface area contributed by atoms with Gasteiger partial charge < -0.3 is 19.0 Å². The third-order valence-electron chi connectivity index (χ3n) is 5.40.